The van der Waals surface area contributed by atoms with Gasteiger partial charge in [-0.1, -0.05) is 6.92 Å². The molecular weight excluding hydrogens is 164 g/mol. The summed E-state index contributed by atoms with van der Waals surface area (Å²) in [6.07, 6.45) is 4.62. The predicted molar refractivity (Wildman–Crippen MR) is 53.0 cm³/mol. The molecule has 1 atom stereocenters. The first-order valence-electron chi connectivity index (χ1n) is 4.52. The molecule has 0 aliphatic heterocycles. The van der Waals surface area contributed by atoms with Gasteiger partial charge in [0.15, 0.2) is 0 Å². The highest BCUT2D eigenvalue weighted by Gasteiger charge is 1.98. The molecule has 0 spiro atoms. The van der Waals surface area contributed by atoms with Gasteiger partial charge in [0, 0.05) is 30.5 Å². The number of nitrogens with zero attached hydrogens (tertiary/aromatic N) is 2. The Morgan fingerprint density at radius 3 is 2.62 bits per heavy atom. The zero-order valence-corrected chi connectivity index (χ0v) is 8.12. The number of nitrogens with one attached hydrogen (secondary N) is 1. The lowest BCUT2D eigenvalue weighted by Gasteiger charge is -2.10. The number of anilines is 1. The van der Waals surface area contributed by atoms with Crippen LogP contribution in [0.2, 0.25) is 0 Å². The van der Waals surface area contributed by atoms with Crippen LogP contribution in [-0.2, 0) is 6.54 Å². The van der Waals surface area contributed by atoms with E-state index < -0.39 is 0 Å². The highest BCUT2D eigenvalue weighted by molar-refractivity contribution is 5.16. The van der Waals surface area contributed by atoms with E-state index in [2.05, 4.69) is 29.1 Å². The molecule has 0 fully saturated rings. The molecule has 4 nitrogen and oxygen atoms in total. The molecule has 0 aliphatic rings. The second-order valence-corrected chi connectivity index (χ2v) is 3.14. The van der Waals surface area contributed by atoms with E-state index in [0.29, 0.717) is 12.0 Å². The van der Waals surface area contributed by atoms with Gasteiger partial charge in [-0.2, -0.15) is 0 Å². The maximum absolute atomic E-state index is 5.37. The minimum absolute atomic E-state index is 0.326. The van der Waals surface area contributed by atoms with Gasteiger partial charge in [-0.05, 0) is 13.3 Å². The molecule has 0 aliphatic carbocycles. The van der Waals surface area contributed by atoms with Gasteiger partial charge in [0.1, 0.15) is 0 Å². The van der Waals surface area contributed by atoms with Crippen molar-refractivity contribution in [1.82, 2.24) is 15.3 Å². The van der Waals surface area contributed by atoms with Crippen LogP contribution in [0.5, 0.6) is 0 Å². The second kappa shape index (κ2) is 4.77. The maximum atomic E-state index is 5.37. The summed E-state index contributed by atoms with van der Waals surface area (Å²) < 4.78 is 0. The first-order chi connectivity index (χ1) is 6.22. The first-order valence-corrected chi connectivity index (χ1v) is 4.52. The Bertz CT molecular complexity index is 244. The molecule has 0 radical (unpaired) electrons. The minimum Gasteiger partial charge on any atom is -0.368 e. The van der Waals surface area contributed by atoms with Crippen molar-refractivity contribution in [3.63, 3.8) is 0 Å². The van der Waals surface area contributed by atoms with Crippen molar-refractivity contribution in [1.29, 1.82) is 0 Å². The van der Waals surface area contributed by atoms with Crippen LogP contribution in [0, 0.1) is 0 Å². The average molecular weight is 180 g/mol. The van der Waals surface area contributed by atoms with Crippen LogP contribution in [0.1, 0.15) is 25.8 Å². The lowest BCUT2D eigenvalue weighted by atomic mass is 10.2. The SMILES string of the molecule is CC[C@H](C)NCc1cnc(N)nc1. The van der Waals surface area contributed by atoms with E-state index in [1.54, 1.807) is 12.4 Å². The van der Waals surface area contributed by atoms with Crippen molar-refractivity contribution < 1.29 is 0 Å². The summed E-state index contributed by atoms with van der Waals surface area (Å²) in [6.45, 7) is 5.10. The number of nitrogen functional groups attached to an aromatic ring is 1. The Balaban J connectivity index is 2.41. The number of hydrogen-bond donors (Lipinski definition) is 2. The number of nitrogens with two attached hydrogens (primary N) is 1. The highest BCUT2D eigenvalue weighted by Crippen LogP contribution is 1.97. The molecule has 0 unspecified atom stereocenters. The van der Waals surface area contributed by atoms with Crippen LogP contribution in [0.25, 0.3) is 0 Å². The fraction of sp³-hybridized carbons (Fsp3) is 0.556. The fourth-order valence-corrected chi connectivity index (χ4v) is 0.892. The van der Waals surface area contributed by atoms with E-state index in [9.17, 15) is 0 Å². The Labute approximate surface area is 78.6 Å². The standard InChI is InChI=1S/C9H16N4/c1-3-7(2)11-4-8-5-12-9(10)13-6-8/h5-7,11H,3-4H2,1-2H3,(H2,10,12,13)/t7-/m0/s1. The molecule has 1 aromatic rings. The van der Waals surface area contributed by atoms with Gasteiger partial charge in [0.2, 0.25) is 5.95 Å². The van der Waals surface area contributed by atoms with E-state index in [-0.39, 0.29) is 0 Å². The molecule has 0 amide bonds. The van der Waals surface area contributed by atoms with Crippen molar-refractivity contribution in [2.45, 2.75) is 32.9 Å². The monoisotopic (exact) mass is 180 g/mol. The predicted octanol–water partition coefficient (Wildman–Crippen LogP) is 0.947. The third kappa shape index (κ3) is 3.38. The average Bonchev–Trinajstić information content (AvgIpc) is 2.16. The summed E-state index contributed by atoms with van der Waals surface area (Å²) in [5.74, 6) is 0.326. The Kier molecular flexibility index (Phi) is 3.64. The van der Waals surface area contributed by atoms with E-state index >= 15 is 0 Å². The van der Waals surface area contributed by atoms with Crippen LogP contribution >= 0.6 is 0 Å². The summed E-state index contributed by atoms with van der Waals surface area (Å²) in [5, 5.41) is 3.35. The van der Waals surface area contributed by atoms with Gasteiger partial charge in [0.05, 0.1) is 0 Å². The third-order valence-corrected chi connectivity index (χ3v) is 1.99. The van der Waals surface area contributed by atoms with Crippen LogP contribution in [0.4, 0.5) is 5.95 Å². The zero-order chi connectivity index (χ0) is 9.68. The maximum Gasteiger partial charge on any atom is 0.219 e. The van der Waals surface area contributed by atoms with Crippen molar-refractivity contribution in [2.75, 3.05) is 5.73 Å². The molecule has 3 N–H and O–H groups in total. The van der Waals surface area contributed by atoms with E-state index in [0.717, 1.165) is 18.5 Å². The van der Waals surface area contributed by atoms with Crippen molar-refractivity contribution in [2.24, 2.45) is 0 Å². The van der Waals surface area contributed by atoms with Crippen molar-refractivity contribution in [3.8, 4) is 0 Å². The number of aromatic nitrogens is 2. The lowest BCUT2D eigenvalue weighted by molar-refractivity contribution is 0.533. The summed E-state index contributed by atoms with van der Waals surface area (Å²) in [6, 6.07) is 0.526. The fourth-order valence-electron chi connectivity index (χ4n) is 0.892. The zero-order valence-electron chi connectivity index (χ0n) is 8.12. The normalized spacial score (nSPS) is 12.8. The Morgan fingerprint density at radius 2 is 2.08 bits per heavy atom. The van der Waals surface area contributed by atoms with Crippen LogP contribution in [0.3, 0.4) is 0 Å². The summed E-state index contributed by atoms with van der Waals surface area (Å²) in [7, 11) is 0. The summed E-state index contributed by atoms with van der Waals surface area (Å²) in [4.78, 5) is 7.82. The van der Waals surface area contributed by atoms with E-state index in [1.165, 1.54) is 0 Å². The minimum atomic E-state index is 0.326. The smallest absolute Gasteiger partial charge is 0.219 e. The van der Waals surface area contributed by atoms with E-state index in [1.807, 2.05) is 0 Å². The molecule has 0 bridgehead atoms. The third-order valence-electron chi connectivity index (χ3n) is 1.99. The van der Waals surface area contributed by atoms with Crippen LogP contribution in [0.15, 0.2) is 12.4 Å². The first kappa shape index (κ1) is 9.92. The Morgan fingerprint density at radius 1 is 1.46 bits per heavy atom. The van der Waals surface area contributed by atoms with Crippen molar-refractivity contribution >= 4 is 5.95 Å². The van der Waals surface area contributed by atoms with E-state index in [4.69, 9.17) is 5.73 Å². The quantitative estimate of drug-likeness (QED) is 0.724. The molecule has 4 heteroatoms. The molecule has 72 valence electrons. The highest BCUT2D eigenvalue weighted by atomic mass is 15.0. The Hall–Kier alpha value is -1.16. The van der Waals surface area contributed by atoms with Gasteiger partial charge >= 0.3 is 0 Å². The molecule has 1 heterocycles. The topological polar surface area (TPSA) is 63.8 Å². The molecule has 0 saturated carbocycles. The summed E-state index contributed by atoms with van der Waals surface area (Å²) >= 11 is 0. The molecule has 1 aromatic heterocycles. The van der Waals surface area contributed by atoms with Gasteiger partial charge in [-0.25, -0.2) is 9.97 Å². The van der Waals surface area contributed by atoms with Gasteiger partial charge in [0.25, 0.3) is 0 Å². The number of hydrogen-bond acceptors (Lipinski definition) is 4. The number of rotatable bonds is 4. The molecule has 13 heavy (non-hydrogen) atoms. The van der Waals surface area contributed by atoms with Gasteiger partial charge in [-0.15, -0.1) is 0 Å². The molecule has 0 saturated heterocycles. The summed E-state index contributed by atoms with van der Waals surface area (Å²) in [5.41, 5.74) is 6.43. The van der Waals surface area contributed by atoms with Crippen LogP contribution < -0.4 is 11.1 Å². The van der Waals surface area contributed by atoms with Crippen molar-refractivity contribution in [3.05, 3.63) is 18.0 Å². The second-order valence-electron chi connectivity index (χ2n) is 3.14. The molecular formula is C9H16N4. The largest absolute Gasteiger partial charge is 0.368 e. The van der Waals surface area contributed by atoms with Gasteiger partial charge < -0.3 is 11.1 Å². The molecule has 0 aromatic carbocycles. The molecule has 1 rings (SSSR count). The lowest BCUT2D eigenvalue weighted by Crippen LogP contribution is -2.24. The van der Waals surface area contributed by atoms with Crippen LogP contribution in [-0.4, -0.2) is 16.0 Å². The van der Waals surface area contributed by atoms with Gasteiger partial charge in [-0.3, -0.25) is 0 Å².